The van der Waals surface area contributed by atoms with Gasteiger partial charge < -0.3 is 21.2 Å². The monoisotopic (exact) mass is 552 g/mol. The minimum Gasteiger partial charge on any atom is -0.356 e. The lowest BCUT2D eigenvalue weighted by Crippen LogP contribution is -2.24. The molecule has 0 aliphatic heterocycles. The van der Waals surface area contributed by atoms with E-state index in [1.165, 1.54) is 109 Å². The molecule has 4 N–H and O–H groups in total. The molecule has 0 aromatic heterocycles. The number of carbonyl (C=O) groups is 3. The smallest absolute Gasteiger partial charge is 0.219 e. The Morgan fingerprint density at radius 3 is 1.10 bits per heavy atom. The van der Waals surface area contributed by atoms with Crippen molar-refractivity contribution in [1.82, 2.24) is 10.6 Å². The van der Waals surface area contributed by atoms with Crippen molar-refractivity contribution in [3.05, 3.63) is 0 Å². The lowest BCUT2D eigenvalue weighted by molar-refractivity contribution is -0.122. The number of nitrogens with two attached hydrogens (primary N) is 1. The summed E-state index contributed by atoms with van der Waals surface area (Å²) in [7, 11) is 0. The summed E-state index contributed by atoms with van der Waals surface area (Å²) >= 11 is 0. The molecule has 0 atom stereocenters. The van der Waals surface area contributed by atoms with Gasteiger partial charge in [0.25, 0.3) is 0 Å². The third-order valence-corrected chi connectivity index (χ3v) is 7.58. The third-order valence-electron chi connectivity index (χ3n) is 7.58. The second-order valence-electron chi connectivity index (χ2n) is 11.4. The van der Waals surface area contributed by atoms with Crippen LogP contribution in [-0.2, 0) is 14.4 Å². The first kappa shape index (κ1) is 37.6. The Labute approximate surface area is 241 Å². The average molecular weight is 552 g/mol. The van der Waals surface area contributed by atoms with E-state index < -0.39 is 0 Å². The lowest BCUT2D eigenvalue weighted by Gasteiger charge is -2.06. The zero-order valence-corrected chi connectivity index (χ0v) is 25.6. The van der Waals surface area contributed by atoms with Gasteiger partial charge in [-0.2, -0.15) is 0 Å². The molecule has 6 nitrogen and oxygen atoms in total. The summed E-state index contributed by atoms with van der Waals surface area (Å²) in [4.78, 5) is 34.2. The summed E-state index contributed by atoms with van der Waals surface area (Å²) < 4.78 is 0. The van der Waals surface area contributed by atoms with Crippen molar-refractivity contribution in [1.29, 1.82) is 0 Å². The van der Waals surface area contributed by atoms with Gasteiger partial charge in [-0.3, -0.25) is 9.59 Å². The van der Waals surface area contributed by atoms with Crippen molar-refractivity contribution < 1.29 is 14.4 Å². The normalized spacial score (nSPS) is 11.0. The van der Waals surface area contributed by atoms with Gasteiger partial charge in [-0.25, -0.2) is 0 Å². The number of unbranched alkanes of at least 4 members (excludes halogenated alkanes) is 22. The van der Waals surface area contributed by atoms with Crippen LogP contribution in [0, 0.1) is 0 Å². The first-order chi connectivity index (χ1) is 19.2. The van der Waals surface area contributed by atoms with E-state index in [-0.39, 0.29) is 11.8 Å². The fourth-order valence-corrected chi connectivity index (χ4v) is 5.01. The van der Waals surface area contributed by atoms with Crippen LogP contribution in [0.25, 0.3) is 0 Å². The molecule has 0 aromatic rings. The topological polar surface area (TPSA) is 101 Å². The molecule has 0 radical (unpaired) electrons. The van der Waals surface area contributed by atoms with E-state index in [9.17, 15) is 14.4 Å². The number of amides is 2. The maximum absolute atomic E-state index is 12.0. The molecule has 0 saturated heterocycles. The van der Waals surface area contributed by atoms with Crippen LogP contribution >= 0.6 is 0 Å². The van der Waals surface area contributed by atoms with E-state index in [1.807, 2.05) is 0 Å². The van der Waals surface area contributed by atoms with Crippen LogP contribution in [0.3, 0.4) is 0 Å². The summed E-state index contributed by atoms with van der Waals surface area (Å²) in [6.45, 7) is 2.44. The van der Waals surface area contributed by atoms with Gasteiger partial charge in [-0.15, -0.1) is 0 Å². The first-order valence-corrected chi connectivity index (χ1v) is 16.9. The van der Waals surface area contributed by atoms with Crippen molar-refractivity contribution in [2.45, 2.75) is 173 Å². The first-order valence-electron chi connectivity index (χ1n) is 16.9. The second-order valence-corrected chi connectivity index (χ2v) is 11.4. The summed E-state index contributed by atoms with van der Waals surface area (Å²) in [6.07, 6.45) is 31.7. The lowest BCUT2D eigenvalue weighted by atomic mass is 10.1. The highest BCUT2D eigenvalue weighted by Gasteiger charge is 2.02. The zero-order chi connectivity index (χ0) is 28.5. The summed E-state index contributed by atoms with van der Waals surface area (Å²) in [5.74, 6) is 0.429. The number of carbonyl (C=O) groups excluding carboxylic acids is 3. The molecule has 2 amide bonds. The van der Waals surface area contributed by atoms with Crippen molar-refractivity contribution in [3.63, 3.8) is 0 Å². The van der Waals surface area contributed by atoms with E-state index >= 15 is 0 Å². The van der Waals surface area contributed by atoms with Crippen LogP contribution in [0.15, 0.2) is 0 Å². The van der Waals surface area contributed by atoms with Crippen LogP contribution in [0.2, 0.25) is 0 Å². The Morgan fingerprint density at radius 1 is 0.436 bits per heavy atom. The highest BCUT2D eigenvalue weighted by molar-refractivity contribution is 5.76. The van der Waals surface area contributed by atoms with Crippen LogP contribution in [0.5, 0.6) is 0 Å². The SMILES string of the molecule is NCCCCCCCCCCC(=O)NCCCCCCCCCCC(=O)NCCCCCCCCCCC=O. The van der Waals surface area contributed by atoms with Crippen LogP contribution < -0.4 is 16.4 Å². The van der Waals surface area contributed by atoms with Gasteiger partial charge in [0, 0.05) is 32.4 Å². The second kappa shape index (κ2) is 32.8. The maximum Gasteiger partial charge on any atom is 0.219 e. The average Bonchev–Trinajstić information content (AvgIpc) is 2.93. The van der Waals surface area contributed by atoms with Gasteiger partial charge in [0.05, 0.1) is 0 Å². The summed E-state index contributed by atoms with van der Waals surface area (Å²) in [6, 6.07) is 0. The highest BCUT2D eigenvalue weighted by atomic mass is 16.2. The van der Waals surface area contributed by atoms with Crippen LogP contribution in [0.4, 0.5) is 0 Å². The van der Waals surface area contributed by atoms with Gasteiger partial charge in [0.2, 0.25) is 11.8 Å². The predicted octanol–water partition coefficient (Wildman–Crippen LogP) is 7.91. The molecule has 0 fully saturated rings. The number of aldehydes is 1. The van der Waals surface area contributed by atoms with E-state index in [0.29, 0.717) is 19.3 Å². The van der Waals surface area contributed by atoms with Crippen LogP contribution in [0.1, 0.15) is 173 Å². The minimum absolute atomic E-state index is 0.210. The molecule has 0 saturated carbocycles. The number of hydrogen-bond donors (Lipinski definition) is 3. The van der Waals surface area contributed by atoms with E-state index in [1.54, 1.807) is 0 Å². The number of nitrogens with one attached hydrogen (secondary N) is 2. The van der Waals surface area contributed by atoms with E-state index in [2.05, 4.69) is 10.6 Å². The number of rotatable bonds is 32. The molecule has 0 aliphatic rings. The van der Waals surface area contributed by atoms with Crippen molar-refractivity contribution >= 4 is 18.1 Å². The fraction of sp³-hybridized carbons (Fsp3) is 0.909. The molecule has 0 heterocycles. The minimum atomic E-state index is 0.210. The Balaban J connectivity index is 3.23. The Bertz CT molecular complexity index is 542. The molecule has 39 heavy (non-hydrogen) atoms. The number of hydrogen-bond acceptors (Lipinski definition) is 4. The molecule has 0 spiro atoms. The molecule has 0 rings (SSSR count). The Hall–Kier alpha value is -1.43. The summed E-state index contributed by atoms with van der Waals surface area (Å²) in [5.41, 5.74) is 5.51. The van der Waals surface area contributed by atoms with Gasteiger partial charge >= 0.3 is 0 Å². The van der Waals surface area contributed by atoms with Crippen molar-refractivity contribution in [2.24, 2.45) is 5.73 Å². The Kier molecular flexibility index (Phi) is 31.6. The van der Waals surface area contributed by atoms with Gasteiger partial charge in [0.1, 0.15) is 6.29 Å². The molecule has 0 aromatic carbocycles. The standard InChI is InChI=1S/C33H65N3O3/c34-28-22-16-10-4-2-8-14-20-26-32(38)36-30-24-18-12-6-3-9-15-21-27-33(39)35-29-23-17-11-5-1-7-13-19-25-31-37/h31H,1-30,34H2,(H,35,39)(H,36,38). The highest BCUT2D eigenvalue weighted by Crippen LogP contribution is 2.12. The largest absolute Gasteiger partial charge is 0.356 e. The van der Waals surface area contributed by atoms with Gasteiger partial charge in [-0.05, 0) is 45.1 Å². The zero-order valence-electron chi connectivity index (χ0n) is 25.6. The molecular formula is C33H65N3O3. The predicted molar refractivity (Wildman–Crippen MR) is 166 cm³/mol. The Morgan fingerprint density at radius 2 is 0.744 bits per heavy atom. The molecule has 230 valence electrons. The van der Waals surface area contributed by atoms with Gasteiger partial charge in [0.15, 0.2) is 0 Å². The maximum atomic E-state index is 12.0. The molecule has 0 bridgehead atoms. The summed E-state index contributed by atoms with van der Waals surface area (Å²) in [5, 5.41) is 6.14. The van der Waals surface area contributed by atoms with E-state index in [0.717, 1.165) is 70.9 Å². The fourth-order valence-electron chi connectivity index (χ4n) is 5.01. The van der Waals surface area contributed by atoms with E-state index in [4.69, 9.17) is 5.73 Å². The molecule has 0 aliphatic carbocycles. The van der Waals surface area contributed by atoms with Crippen LogP contribution in [-0.4, -0.2) is 37.7 Å². The third kappa shape index (κ3) is 32.7. The molecule has 6 heteroatoms. The molecule has 0 unspecified atom stereocenters. The molecular weight excluding hydrogens is 486 g/mol. The quantitative estimate of drug-likeness (QED) is 0.0584. The van der Waals surface area contributed by atoms with Gasteiger partial charge in [-0.1, -0.05) is 116 Å². The van der Waals surface area contributed by atoms with Crippen molar-refractivity contribution in [2.75, 3.05) is 19.6 Å². The van der Waals surface area contributed by atoms with Crippen molar-refractivity contribution in [3.8, 4) is 0 Å².